The summed E-state index contributed by atoms with van der Waals surface area (Å²) in [5.41, 5.74) is 0.155. The molecule has 0 unspecified atom stereocenters. The fourth-order valence-corrected chi connectivity index (χ4v) is 1.38. The standard InChI is InChI=1S/C8H4BrFN2O/c9-8-7(13)5-2-1-4(10)3-6(5)11-12-8/h1-3H,(H,11,13). The molecule has 1 N–H and O–H groups in total. The molecule has 66 valence electrons. The van der Waals surface area contributed by atoms with Crippen molar-refractivity contribution in [3.8, 4) is 0 Å². The Kier molecular flexibility index (Phi) is 1.88. The Morgan fingerprint density at radius 3 is 3.00 bits per heavy atom. The molecule has 2 aromatic rings. The van der Waals surface area contributed by atoms with E-state index in [2.05, 4.69) is 26.1 Å². The van der Waals surface area contributed by atoms with Gasteiger partial charge in [0.25, 0.3) is 0 Å². The summed E-state index contributed by atoms with van der Waals surface area (Å²) < 4.78 is 12.9. The first-order valence-corrected chi connectivity index (χ1v) is 4.31. The minimum absolute atomic E-state index is 0.201. The number of nitrogens with zero attached hydrogens (tertiary/aromatic N) is 1. The van der Waals surface area contributed by atoms with Gasteiger partial charge in [0.15, 0.2) is 4.60 Å². The van der Waals surface area contributed by atoms with Crippen molar-refractivity contribution in [2.24, 2.45) is 0 Å². The van der Waals surface area contributed by atoms with Gasteiger partial charge in [-0.3, -0.25) is 9.89 Å². The van der Waals surface area contributed by atoms with Gasteiger partial charge in [0.2, 0.25) is 5.43 Å². The second-order valence-corrected chi connectivity index (χ2v) is 3.28. The van der Waals surface area contributed by atoms with E-state index in [1.807, 2.05) is 0 Å². The first-order valence-electron chi connectivity index (χ1n) is 3.52. The van der Waals surface area contributed by atoms with Crippen LogP contribution in [-0.2, 0) is 0 Å². The molecule has 0 aliphatic carbocycles. The SMILES string of the molecule is O=c1c(Br)n[nH]c2cc(F)ccc12. The lowest BCUT2D eigenvalue weighted by molar-refractivity contribution is 0.629. The third-order valence-electron chi connectivity index (χ3n) is 1.69. The molecule has 0 saturated carbocycles. The number of benzene rings is 1. The topological polar surface area (TPSA) is 45.8 Å². The number of nitrogens with one attached hydrogen (secondary N) is 1. The number of rotatable bonds is 0. The molecule has 0 spiro atoms. The van der Waals surface area contributed by atoms with Crippen LogP contribution in [0.15, 0.2) is 27.6 Å². The monoisotopic (exact) mass is 242 g/mol. The summed E-state index contributed by atoms with van der Waals surface area (Å²) in [6.07, 6.45) is 0. The van der Waals surface area contributed by atoms with Gasteiger partial charge in [-0.25, -0.2) is 4.39 Å². The number of H-pyrrole nitrogens is 1. The minimum atomic E-state index is -0.396. The predicted octanol–water partition coefficient (Wildman–Crippen LogP) is 1.82. The van der Waals surface area contributed by atoms with E-state index in [0.717, 1.165) is 0 Å². The fraction of sp³-hybridized carbons (Fsp3) is 0. The lowest BCUT2D eigenvalue weighted by Gasteiger charge is -1.96. The third kappa shape index (κ3) is 1.35. The van der Waals surface area contributed by atoms with Crippen LogP contribution < -0.4 is 5.43 Å². The summed E-state index contributed by atoms with van der Waals surface area (Å²) in [4.78, 5) is 11.4. The summed E-state index contributed by atoms with van der Waals surface area (Å²) in [5, 5.41) is 6.64. The van der Waals surface area contributed by atoms with Crippen LogP contribution in [-0.4, -0.2) is 10.2 Å². The maximum absolute atomic E-state index is 12.7. The largest absolute Gasteiger partial charge is 0.286 e. The zero-order chi connectivity index (χ0) is 9.42. The first-order chi connectivity index (χ1) is 6.18. The number of hydrogen-bond donors (Lipinski definition) is 1. The molecule has 0 fully saturated rings. The molecule has 0 aliphatic rings. The zero-order valence-electron chi connectivity index (χ0n) is 6.34. The van der Waals surface area contributed by atoms with Gasteiger partial charge in [0.05, 0.1) is 10.9 Å². The van der Waals surface area contributed by atoms with E-state index < -0.39 is 5.82 Å². The Labute approximate surface area is 80.7 Å². The molecule has 3 nitrogen and oxygen atoms in total. The van der Waals surface area contributed by atoms with Gasteiger partial charge < -0.3 is 0 Å². The number of hydrogen-bond acceptors (Lipinski definition) is 2. The van der Waals surface area contributed by atoms with Crippen molar-refractivity contribution in [3.05, 3.63) is 38.8 Å². The zero-order valence-corrected chi connectivity index (χ0v) is 7.93. The van der Waals surface area contributed by atoms with Gasteiger partial charge in [-0.2, -0.15) is 5.10 Å². The Morgan fingerprint density at radius 2 is 2.23 bits per heavy atom. The number of aromatic nitrogens is 2. The van der Waals surface area contributed by atoms with Crippen LogP contribution in [0.2, 0.25) is 0 Å². The van der Waals surface area contributed by atoms with Gasteiger partial charge >= 0.3 is 0 Å². The lowest BCUT2D eigenvalue weighted by atomic mass is 10.2. The van der Waals surface area contributed by atoms with E-state index in [9.17, 15) is 9.18 Å². The first kappa shape index (κ1) is 8.37. The normalized spacial score (nSPS) is 10.6. The highest BCUT2D eigenvalue weighted by Gasteiger charge is 2.03. The molecule has 0 atom stereocenters. The van der Waals surface area contributed by atoms with Crippen LogP contribution >= 0.6 is 15.9 Å². The number of aromatic amines is 1. The van der Waals surface area contributed by atoms with Crippen molar-refractivity contribution >= 4 is 26.8 Å². The fourth-order valence-electron chi connectivity index (χ4n) is 1.08. The Bertz CT molecular complexity index is 523. The molecule has 0 amide bonds. The van der Waals surface area contributed by atoms with Crippen molar-refractivity contribution in [1.29, 1.82) is 0 Å². The van der Waals surface area contributed by atoms with E-state index in [1.165, 1.54) is 18.2 Å². The molecule has 0 radical (unpaired) electrons. The molecule has 2 rings (SSSR count). The van der Waals surface area contributed by atoms with Gasteiger partial charge in [-0.1, -0.05) is 0 Å². The molecule has 0 aliphatic heterocycles. The molecular weight excluding hydrogens is 239 g/mol. The van der Waals surface area contributed by atoms with Crippen molar-refractivity contribution in [2.75, 3.05) is 0 Å². The highest BCUT2D eigenvalue weighted by molar-refractivity contribution is 9.10. The van der Waals surface area contributed by atoms with Gasteiger partial charge in [-0.05, 0) is 34.1 Å². The third-order valence-corrected chi connectivity index (χ3v) is 2.23. The van der Waals surface area contributed by atoms with Crippen LogP contribution in [0, 0.1) is 5.82 Å². The van der Waals surface area contributed by atoms with E-state index in [1.54, 1.807) is 0 Å². The molecule has 1 aromatic carbocycles. The predicted molar refractivity (Wildman–Crippen MR) is 50.0 cm³/mol. The van der Waals surface area contributed by atoms with Crippen LogP contribution in [0.1, 0.15) is 0 Å². The number of halogens is 2. The van der Waals surface area contributed by atoms with Gasteiger partial charge in [-0.15, -0.1) is 0 Å². The van der Waals surface area contributed by atoms with Gasteiger partial charge in [0.1, 0.15) is 5.82 Å². The lowest BCUT2D eigenvalue weighted by Crippen LogP contribution is -2.06. The van der Waals surface area contributed by atoms with E-state index >= 15 is 0 Å². The van der Waals surface area contributed by atoms with Crippen LogP contribution in [0.5, 0.6) is 0 Å². The molecule has 1 heterocycles. The van der Waals surface area contributed by atoms with Crippen molar-refractivity contribution in [2.45, 2.75) is 0 Å². The Balaban J connectivity index is 2.95. The quantitative estimate of drug-likeness (QED) is 0.767. The molecule has 0 bridgehead atoms. The smallest absolute Gasteiger partial charge is 0.222 e. The second kappa shape index (κ2) is 2.92. The maximum Gasteiger partial charge on any atom is 0.222 e. The van der Waals surface area contributed by atoms with Gasteiger partial charge in [0, 0.05) is 0 Å². The van der Waals surface area contributed by atoms with Crippen LogP contribution in [0.3, 0.4) is 0 Å². The van der Waals surface area contributed by atoms with E-state index in [-0.39, 0.29) is 10.0 Å². The van der Waals surface area contributed by atoms with E-state index in [0.29, 0.717) is 10.9 Å². The van der Waals surface area contributed by atoms with E-state index in [4.69, 9.17) is 0 Å². The Hall–Kier alpha value is -1.23. The molecule has 5 heteroatoms. The summed E-state index contributed by atoms with van der Waals surface area (Å²) in [5.74, 6) is -0.396. The maximum atomic E-state index is 12.7. The number of fused-ring (bicyclic) bond motifs is 1. The molecule has 13 heavy (non-hydrogen) atoms. The van der Waals surface area contributed by atoms with Crippen molar-refractivity contribution in [3.63, 3.8) is 0 Å². The highest BCUT2D eigenvalue weighted by Crippen LogP contribution is 2.10. The summed E-state index contributed by atoms with van der Waals surface area (Å²) in [6, 6.07) is 3.90. The summed E-state index contributed by atoms with van der Waals surface area (Å²) in [7, 11) is 0. The molecular formula is C8H4BrFN2O. The summed E-state index contributed by atoms with van der Waals surface area (Å²) in [6.45, 7) is 0. The summed E-state index contributed by atoms with van der Waals surface area (Å²) >= 11 is 2.99. The van der Waals surface area contributed by atoms with Crippen LogP contribution in [0.4, 0.5) is 4.39 Å². The van der Waals surface area contributed by atoms with Crippen molar-refractivity contribution < 1.29 is 4.39 Å². The second-order valence-electron chi connectivity index (χ2n) is 2.53. The molecule has 0 saturated heterocycles. The highest BCUT2D eigenvalue weighted by atomic mass is 79.9. The molecule has 1 aromatic heterocycles. The van der Waals surface area contributed by atoms with Crippen molar-refractivity contribution in [1.82, 2.24) is 10.2 Å². The average molecular weight is 243 g/mol. The van der Waals surface area contributed by atoms with Crippen LogP contribution in [0.25, 0.3) is 10.9 Å². The Morgan fingerprint density at radius 1 is 1.46 bits per heavy atom. The average Bonchev–Trinajstić information content (AvgIpc) is 2.12. The minimum Gasteiger partial charge on any atom is -0.286 e.